The molecular formula is C20H25N3O4. The van der Waals surface area contributed by atoms with Gasteiger partial charge in [-0.15, -0.1) is 0 Å². The quantitative estimate of drug-likeness (QED) is 0.873. The molecule has 0 bridgehead atoms. The van der Waals surface area contributed by atoms with Crippen molar-refractivity contribution in [3.8, 4) is 0 Å². The molecule has 4 rings (SSSR count). The van der Waals surface area contributed by atoms with E-state index in [0.717, 1.165) is 31.2 Å². The predicted molar refractivity (Wildman–Crippen MR) is 97.0 cm³/mol. The molecule has 3 heterocycles. The predicted octanol–water partition coefficient (Wildman–Crippen LogP) is 1.71. The number of hydrogen-bond donors (Lipinski definition) is 1. The normalized spacial score (nSPS) is 24.3. The fourth-order valence-electron chi connectivity index (χ4n) is 4.47. The maximum Gasteiger partial charge on any atom is 0.326 e. The molecule has 2 amide bonds. The molecule has 1 unspecified atom stereocenters. The van der Waals surface area contributed by atoms with Crippen LogP contribution in [0.3, 0.4) is 0 Å². The van der Waals surface area contributed by atoms with E-state index < -0.39 is 12.0 Å². The number of aromatic nitrogens is 1. The maximum absolute atomic E-state index is 12.7. The first-order chi connectivity index (χ1) is 12.9. The molecule has 1 saturated carbocycles. The number of carbonyl (C=O) groups is 3. The average molecular weight is 371 g/mol. The summed E-state index contributed by atoms with van der Waals surface area (Å²) in [7, 11) is 0. The first kappa shape index (κ1) is 17.9. The Hall–Kier alpha value is -2.44. The number of piperidine rings is 1. The smallest absolute Gasteiger partial charge is 0.326 e. The monoisotopic (exact) mass is 371 g/mol. The highest BCUT2D eigenvalue weighted by Gasteiger charge is 2.52. The number of carbonyl (C=O) groups excluding carboxylic acids is 2. The Morgan fingerprint density at radius 1 is 1.19 bits per heavy atom. The molecule has 2 aliphatic heterocycles. The van der Waals surface area contributed by atoms with E-state index in [1.807, 2.05) is 17.9 Å². The lowest BCUT2D eigenvalue weighted by Gasteiger charge is -2.39. The van der Waals surface area contributed by atoms with Crippen LogP contribution in [0.5, 0.6) is 0 Å². The fraction of sp³-hybridized carbons (Fsp3) is 0.600. The van der Waals surface area contributed by atoms with Crippen LogP contribution >= 0.6 is 0 Å². The van der Waals surface area contributed by atoms with Gasteiger partial charge in [0.05, 0.1) is 5.56 Å². The first-order valence-electron chi connectivity index (χ1n) is 9.63. The molecule has 0 aromatic carbocycles. The number of carboxylic acid groups (broad SMARTS) is 1. The number of amides is 2. The fourth-order valence-corrected chi connectivity index (χ4v) is 4.47. The molecule has 7 heteroatoms. The Morgan fingerprint density at radius 2 is 1.89 bits per heavy atom. The molecule has 1 atom stereocenters. The van der Waals surface area contributed by atoms with Gasteiger partial charge in [0.2, 0.25) is 5.91 Å². The third kappa shape index (κ3) is 3.42. The molecule has 144 valence electrons. The maximum atomic E-state index is 12.7. The van der Waals surface area contributed by atoms with Crippen LogP contribution in [-0.2, 0) is 9.59 Å². The van der Waals surface area contributed by atoms with Crippen molar-refractivity contribution in [2.45, 2.75) is 45.1 Å². The Bertz CT molecular complexity index is 781. The summed E-state index contributed by atoms with van der Waals surface area (Å²) in [5.41, 5.74) is 1.35. The van der Waals surface area contributed by atoms with E-state index in [0.29, 0.717) is 31.6 Å². The largest absolute Gasteiger partial charge is 0.480 e. The Morgan fingerprint density at radius 3 is 2.48 bits per heavy atom. The zero-order valence-corrected chi connectivity index (χ0v) is 15.6. The van der Waals surface area contributed by atoms with Crippen LogP contribution in [0.15, 0.2) is 18.5 Å². The van der Waals surface area contributed by atoms with Gasteiger partial charge < -0.3 is 14.9 Å². The summed E-state index contributed by atoms with van der Waals surface area (Å²) in [5.74, 6) is -0.911. The molecule has 1 aromatic heterocycles. The van der Waals surface area contributed by atoms with Crippen LogP contribution in [0.1, 0.15) is 48.0 Å². The highest BCUT2D eigenvalue weighted by atomic mass is 16.4. The van der Waals surface area contributed by atoms with Gasteiger partial charge in [0.15, 0.2) is 0 Å². The molecule has 1 aliphatic carbocycles. The summed E-state index contributed by atoms with van der Waals surface area (Å²) in [5, 5.41) is 9.60. The molecule has 1 aromatic rings. The summed E-state index contributed by atoms with van der Waals surface area (Å²) in [6, 6.07) is 1.12. The van der Waals surface area contributed by atoms with Gasteiger partial charge in [0.1, 0.15) is 6.04 Å². The minimum atomic E-state index is -0.912. The van der Waals surface area contributed by atoms with E-state index in [4.69, 9.17) is 0 Å². The van der Waals surface area contributed by atoms with Crippen LogP contribution in [0.25, 0.3) is 0 Å². The second-order valence-corrected chi connectivity index (χ2v) is 8.34. The van der Waals surface area contributed by atoms with Gasteiger partial charge >= 0.3 is 5.97 Å². The van der Waals surface area contributed by atoms with Crippen molar-refractivity contribution in [3.63, 3.8) is 0 Å². The van der Waals surface area contributed by atoms with Crippen LogP contribution in [0, 0.1) is 18.3 Å². The van der Waals surface area contributed by atoms with E-state index in [1.54, 1.807) is 17.3 Å². The van der Waals surface area contributed by atoms with Gasteiger partial charge in [-0.2, -0.15) is 0 Å². The summed E-state index contributed by atoms with van der Waals surface area (Å²) >= 11 is 0. The van der Waals surface area contributed by atoms with Crippen molar-refractivity contribution in [3.05, 3.63) is 29.6 Å². The molecule has 7 nitrogen and oxygen atoms in total. The molecule has 3 aliphatic rings. The van der Waals surface area contributed by atoms with Crippen molar-refractivity contribution in [2.75, 3.05) is 19.6 Å². The number of hydrogen-bond acceptors (Lipinski definition) is 4. The van der Waals surface area contributed by atoms with E-state index >= 15 is 0 Å². The number of aliphatic carboxylic acids is 1. The summed E-state index contributed by atoms with van der Waals surface area (Å²) in [4.78, 5) is 44.5. The zero-order valence-electron chi connectivity index (χ0n) is 15.6. The van der Waals surface area contributed by atoms with E-state index in [2.05, 4.69) is 4.98 Å². The van der Waals surface area contributed by atoms with Crippen LogP contribution in [0.4, 0.5) is 0 Å². The Kier molecular flexibility index (Phi) is 4.40. The van der Waals surface area contributed by atoms with Gasteiger partial charge in [0.25, 0.3) is 5.91 Å². The van der Waals surface area contributed by atoms with Gasteiger partial charge in [-0.05, 0) is 56.1 Å². The number of likely N-dealkylation sites (tertiary alicyclic amines) is 2. The van der Waals surface area contributed by atoms with Crippen LogP contribution < -0.4 is 0 Å². The number of nitrogens with zero attached hydrogens (tertiary/aromatic N) is 3. The third-order valence-electron chi connectivity index (χ3n) is 6.24. The van der Waals surface area contributed by atoms with E-state index in [-0.39, 0.29) is 23.1 Å². The molecule has 0 radical (unpaired) electrons. The standard InChI is InChI=1S/C20H25N3O4/c1-13-8-15(11-21-10-13)17(24)22-6-4-20(5-7-22)9-16(19(26)27)23(12-20)18(25)14-2-3-14/h8,10-11,14,16H,2-7,9,12H2,1H3,(H,26,27). The average Bonchev–Trinajstić information content (AvgIpc) is 3.43. The van der Waals surface area contributed by atoms with Gasteiger partial charge in [-0.3, -0.25) is 14.6 Å². The number of aryl methyl sites for hydroxylation is 1. The lowest BCUT2D eigenvalue weighted by Crippen LogP contribution is -2.45. The first-order valence-corrected chi connectivity index (χ1v) is 9.63. The van der Waals surface area contributed by atoms with Crippen molar-refractivity contribution in [1.82, 2.24) is 14.8 Å². The SMILES string of the molecule is Cc1cncc(C(=O)N2CCC3(CC2)CC(C(=O)O)N(C(=O)C2CC2)C3)c1. The van der Waals surface area contributed by atoms with Crippen LogP contribution in [-0.4, -0.2) is 63.4 Å². The Labute approximate surface area is 158 Å². The zero-order chi connectivity index (χ0) is 19.2. The van der Waals surface area contributed by atoms with Crippen molar-refractivity contribution < 1.29 is 19.5 Å². The highest BCUT2D eigenvalue weighted by Crippen LogP contribution is 2.45. The minimum Gasteiger partial charge on any atom is -0.480 e. The molecular weight excluding hydrogens is 346 g/mol. The Balaban J connectivity index is 1.44. The number of carboxylic acids is 1. The molecule has 2 saturated heterocycles. The van der Waals surface area contributed by atoms with Crippen molar-refractivity contribution >= 4 is 17.8 Å². The second kappa shape index (κ2) is 6.62. The number of rotatable bonds is 3. The second-order valence-electron chi connectivity index (χ2n) is 8.34. The molecule has 27 heavy (non-hydrogen) atoms. The lowest BCUT2D eigenvalue weighted by atomic mass is 9.76. The lowest BCUT2D eigenvalue weighted by molar-refractivity contribution is -0.148. The van der Waals surface area contributed by atoms with E-state index in [9.17, 15) is 19.5 Å². The van der Waals surface area contributed by atoms with Crippen molar-refractivity contribution in [2.24, 2.45) is 11.3 Å². The van der Waals surface area contributed by atoms with Crippen molar-refractivity contribution in [1.29, 1.82) is 0 Å². The third-order valence-corrected chi connectivity index (χ3v) is 6.24. The summed E-state index contributed by atoms with van der Waals surface area (Å²) in [6.07, 6.45) is 7.02. The van der Waals surface area contributed by atoms with Gasteiger partial charge in [-0.1, -0.05) is 0 Å². The molecule has 1 N–H and O–H groups in total. The van der Waals surface area contributed by atoms with Crippen LogP contribution in [0.2, 0.25) is 0 Å². The number of pyridine rings is 1. The minimum absolute atomic E-state index is 0.00335. The van der Waals surface area contributed by atoms with Gasteiger partial charge in [0, 0.05) is 37.9 Å². The van der Waals surface area contributed by atoms with Gasteiger partial charge in [-0.25, -0.2) is 4.79 Å². The van der Waals surface area contributed by atoms with E-state index in [1.165, 1.54) is 0 Å². The molecule has 3 fully saturated rings. The summed E-state index contributed by atoms with van der Waals surface area (Å²) in [6.45, 7) is 3.59. The topological polar surface area (TPSA) is 90.8 Å². The summed E-state index contributed by atoms with van der Waals surface area (Å²) < 4.78 is 0. The molecule has 1 spiro atoms. The highest BCUT2D eigenvalue weighted by molar-refractivity contribution is 5.94.